The number of rotatable bonds is 2. The van der Waals surface area contributed by atoms with Crippen molar-refractivity contribution in [3.8, 4) is 0 Å². The second-order valence-electron chi connectivity index (χ2n) is 3.00. The topological polar surface area (TPSA) is 24.9 Å². The van der Waals surface area contributed by atoms with Crippen LogP contribution in [0.5, 0.6) is 0 Å². The number of hydrogen-bond acceptors (Lipinski definition) is 3. The zero-order valence-electron chi connectivity index (χ0n) is 7.84. The van der Waals surface area contributed by atoms with Crippen molar-refractivity contribution >= 4 is 46.0 Å². The summed E-state index contributed by atoms with van der Waals surface area (Å²) in [5.74, 6) is 0.596. The molecule has 0 atom stereocenters. The fraction of sp³-hybridized carbons (Fsp3) is 0.100. The molecule has 0 aliphatic rings. The normalized spacial score (nSPS) is 10.3. The Hall–Kier alpha value is -0.770. The second-order valence-corrected chi connectivity index (χ2v) is 4.52. The molecule has 2 nitrogen and oxygen atoms in total. The van der Waals surface area contributed by atoms with Crippen LogP contribution >= 0.6 is 34.5 Å². The standard InChI is InChI=1S/C10H7Cl2N2S/c1-6-4-15-5-9(6)14-10-8(12)2-7(11)3-13-10/h2-4H,1H3,(H,13,14). The van der Waals surface area contributed by atoms with Crippen LogP contribution in [-0.4, -0.2) is 4.98 Å². The maximum Gasteiger partial charge on any atom is 0.149 e. The molecule has 2 rings (SSSR count). The van der Waals surface area contributed by atoms with Gasteiger partial charge in [0.1, 0.15) is 5.82 Å². The molecule has 2 aromatic rings. The van der Waals surface area contributed by atoms with Crippen molar-refractivity contribution in [3.63, 3.8) is 0 Å². The number of hydrogen-bond donors (Lipinski definition) is 1. The molecule has 0 aromatic carbocycles. The van der Waals surface area contributed by atoms with Gasteiger partial charge < -0.3 is 5.32 Å². The monoisotopic (exact) mass is 257 g/mol. The highest BCUT2D eigenvalue weighted by atomic mass is 35.5. The Kier molecular flexibility index (Phi) is 3.14. The van der Waals surface area contributed by atoms with E-state index in [0.29, 0.717) is 15.9 Å². The smallest absolute Gasteiger partial charge is 0.149 e. The second kappa shape index (κ2) is 4.39. The van der Waals surface area contributed by atoms with Gasteiger partial charge in [0.25, 0.3) is 0 Å². The van der Waals surface area contributed by atoms with E-state index in [1.165, 1.54) is 11.3 Å². The first-order valence-electron chi connectivity index (χ1n) is 4.20. The van der Waals surface area contributed by atoms with Gasteiger partial charge in [-0.3, -0.25) is 0 Å². The quantitative estimate of drug-likeness (QED) is 0.868. The van der Waals surface area contributed by atoms with Crippen LogP contribution in [0.4, 0.5) is 11.5 Å². The number of halogens is 2. The summed E-state index contributed by atoms with van der Waals surface area (Å²) in [6.07, 6.45) is 1.55. The van der Waals surface area contributed by atoms with Crippen LogP contribution in [0.15, 0.2) is 17.6 Å². The molecule has 0 amide bonds. The summed E-state index contributed by atoms with van der Waals surface area (Å²) in [6, 6.07) is 1.65. The van der Waals surface area contributed by atoms with E-state index in [4.69, 9.17) is 23.2 Å². The van der Waals surface area contributed by atoms with Crippen molar-refractivity contribution in [1.29, 1.82) is 0 Å². The first kappa shape index (κ1) is 10.7. The summed E-state index contributed by atoms with van der Waals surface area (Å²) in [5, 5.41) is 9.23. The van der Waals surface area contributed by atoms with Gasteiger partial charge in [-0.2, -0.15) is 0 Å². The molecular weight excluding hydrogens is 251 g/mol. The van der Waals surface area contributed by atoms with Crippen molar-refractivity contribution in [2.45, 2.75) is 6.92 Å². The van der Waals surface area contributed by atoms with Crippen LogP contribution in [0.2, 0.25) is 10.0 Å². The van der Waals surface area contributed by atoms with E-state index in [9.17, 15) is 0 Å². The van der Waals surface area contributed by atoms with Gasteiger partial charge in [-0.25, -0.2) is 4.98 Å². The van der Waals surface area contributed by atoms with E-state index in [2.05, 4.69) is 15.7 Å². The molecule has 0 aliphatic heterocycles. The first-order valence-corrected chi connectivity index (χ1v) is 5.84. The molecule has 0 saturated heterocycles. The number of thiophene rings is 1. The summed E-state index contributed by atoms with van der Waals surface area (Å²) in [6.45, 7) is 2.00. The highest BCUT2D eigenvalue weighted by molar-refractivity contribution is 7.08. The fourth-order valence-corrected chi connectivity index (χ4v) is 2.18. The molecule has 2 heterocycles. The Balaban J connectivity index is 2.29. The third kappa shape index (κ3) is 2.43. The van der Waals surface area contributed by atoms with Crippen LogP contribution in [0, 0.1) is 12.3 Å². The lowest BCUT2D eigenvalue weighted by Crippen LogP contribution is -1.94. The largest absolute Gasteiger partial charge is 0.338 e. The Morgan fingerprint density at radius 2 is 2.27 bits per heavy atom. The summed E-state index contributed by atoms with van der Waals surface area (Å²) in [7, 11) is 0. The van der Waals surface area contributed by atoms with Crippen molar-refractivity contribution < 1.29 is 0 Å². The van der Waals surface area contributed by atoms with E-state index in [0.717, 1.165) is 11.3 Å². The number of nitrogens with zero attached hydrogens (tertiary/aromatic N) is 1. The molecule has 0 bridgehead atoms. The van der Waals surface area contributed by atoms with Gasteiger partial charge >= 0.3 is 0 Å². The molecule has 0 saturated carbocycles. The van der Waals surface area contributed by atoms with Gasteiger partial charge in [0, 0.05) is 6.20 Å². The molecule has 5 heteroatoms. The third-order valence-electron chi connectivity index (χ3n) is 1.84. The van der Waals surface area contributed by atoms with E-state index in [1.54, 1.807) is 12.3 Å². The van der Waals surface area contributed by atoms with Crippen LogP contribution in [-0.2, 0) is 0 Å². The van der Waals surface area contributed by atoms with E-state index in [1.807, 2.05) is 12.3 Å². The minimum absolute atomic E-state index is 0.501. The van der Waals surface area contributed by atoms with Gasteiger partial charge in [-0.15, -0.1) is 11.3 Å². The van der Waals surface area contributed by atoms with E-state index in [-0.39, 0.29) is 0 Å². The lowest BCUT2D eigenvalue weighted by Gasteiger charge is -2.06. The minimum Gasteiger partial charge on any atom is -0.338 e. The van der Waals surface area contributed by atoms with Gasteiger partial charge in [0.05, 0.1) is 21.1 Å². The Labute approximate surface area is 102 Å². The van der Waals surface area contributed by atoms with Crippen molar-refractivity contribution in [1.82, 2.24) is 4.98 Å². The van der Waals surface area contributed by atoms with E-state index < -0.39 is 0 Å². The van der Waals surface area contributed by atoms with Crippen molar-refractivity contribution in [2.75, 3.05) is 5.32 Å². The maximum absolute atomic E-state index is 5.98. The van der Waals surface area contributed by atoms with Gasteiger partial charge in [-0.1, -0.05) is 23.2 Å². The molecular formula is C10H7Cl2N2S. The predicted molar refractivity (Wildman–Crippen MR) is 65.4 cm³/mol. The van der Waals surface area contributed by atoms with Gasteiger partial charge in [0.2, 0.25) is 0 Å². The molecule has 0 spiro atoms. The molecule has 1 N–H and O–H groups in total. The zero-order valence-corrected chi connectivity index (χ0v) is 10.2. The number of anilines is 2. The van der Waals surface area contributed by atoms with Gasteiger partial charge in [-0.05, 0) is 23.9 Å². The van der Waals surface area contributed by atoms with Crippen LogP contribution < -0.4 is 5.32 Å². The van der Waals surface area contributed by atoms with E-state index >= 15 is 0 Å². The summed E-state index contributed by atoms with van der Waals surface area (Å²) >= 11 is 13.2. The maximum atomic E-state index is 5.98. The average molecular weight is 258 g/mol. The molecule has 0 fully saturated rings. The summed E-state index contributed by atoms with van der Waals surface area (Å²) in [5.41, 5.74) is 2.02. The molecule has 2 aromatic heterocycles. The van der Waals surface area contributed by atoms with Crippen LogP contribution in [0.25, 0.3) is 0 Å². The Bertz CT molecular complexity index is 482. The lowest BCUT2D eigenvalue weighted by atomic mass is 10.3. The molecule has 0 unspecified atom stereocenters. The zero-order chi connectivity index (χ0) is 10.8. The number of nitrogens with one attached hydrogen (secondary N) is 1. The number of aryl methyl sites for hydroxylation is 1. The average Bonchev–Trinajstić information content (AvgIpc) is 2.57. The molecule has 0 aliphatic carbocycles. The summed E-state index contributed by atoms with van der Waals surface area (Å²) < 4.78 is 0. The third-order valence-corrected chi connectivity index (χ3v) is 3.13. The first-order chi connectivity index (χ1) is 7.16. The highest BCUT2D eigenvalue weighted by Gasteiger charge is 2.05. The summed E-state index contributed by atoms with van der Waals surface area (Å²) in [4.78, 5) is 4.10. The molecule has 77 valence electrons. The predicted octanol–water partition coefficient (Wildman–Crippen LogP) is 4.30. The highest BCUT2D eigenvalue weighted by Crippen LogP contribution is 2.28. The lowest BCUT2D eigenvalue weighted by molar-refractivity contribution is 1.30. The van der Waals surface area contributed by atoms with Crippen molar-refractivity contribution in [2.24, 2.45) is 0 Å². The molecule has 15 heavy (non-hydrogen) atoms. The van der Waals surface area contributed by atoms with Crippen LogP contribution in [0.1, 0.15) is 5.56 Å². The number of pyridine rings is 1. The fourth-order valence-electron chi connectivity index (χ4n) is 1.07. The Morgan fingerprint density at radius 1 is 1.47 bits per heavy atom. The van der Waals surface area contributed by atoms with Crippen LogP contribution in [0.3, 0.4) is 0 Å². The van der Waals surface area contributed by atoms with Gasteiger partial charge in [0.15, 0.2) is 0 Å². The Morgan fingerprint density at radius 3 is 2.87 bits per heavy atom. The SMILES string of the molecule is Cc1cs[c]c1Nc1ncc(Cl)cc1Cl. The molecule has 1 radical (unpaired) electrons. The van der Waals surface area contributed by atoms with Crippen molar-refractivity contribution in [3.05, 3.63) is 38.6 Å². The number of aromatic nitrogens is 1. The minimum atomic E-state index is 0.501.